The van der Waals surface area contributed by atoms with Gasteiger partial charge in [-0.25, -0.2) is 0 Å². The molecule has 82 valence electrons. The van der Waals surface area contributed by atoms with Gasteiger partial charge in [-0.15, -0.1) is 0 Å². The van der Waals surface area contributed by atoms with Gasteiger partial charge in [0.2, 0.25) is 0 Å². The number of ether oxygens (including phenoxy) is 2. The second-order valence-electron chi connectivity index (χ2n) is 4.01. The fourth-order valence-corrected chi connectivity index (χ4v) is 2.07. The number of rotatable bonds is 3. The van der Waals surface area contributed by atoms with E-state index in [1.807, 2.05) is 12.1 Å². The van der Waals surface area contributed by atoms with Crippen LogP contribution in [0.2, 0.25) is 0 Å². The molecule has 0 radical (unpaired) electrons. The van der Waals surface area contributed by atoms with Crippen molar-refractivity contribution < 1.29 is 9.47 Å². The molecule has 0 N–H and O–H groups in total. The number of hydrogen-bond acceptors (Lipinski definition) is 2. The molecule has 0 aromatic heterocycles. The zero-order valence-corrected chi connectivity index (χ0v) is 9.40. The summed E-state index contributed by atoms with van der Waals surface area (Å²) in [7, 11) is 1.69. The van der Waals surface area contributed by atoms with Gasteiger partial charge < -0.3 is 9.47 Å². The van der Waals surface area contributed by atoms with Gasteiger partial charge in [0.25, 0.3) is 0 Å². The van der Waals surface area contributed by atoms with Gasteiger partial charge in [0.1, 0.15) is 5.75 Å². The third kappa shape index (κ3) is 2.32. The van der Waals surface area contributed by atoms with E-state index in [0.29, 0.717) is 12.2 Å². The molecule has 1 aromatic carbocycles. The molecule has 0 aliphatic carbocycles. The van der Waals surface area contributed by atoms with Crippen LogP contribution in [-0.4, -0.2) is 13.2 Å². The molecule has 15 heavy (non-hydrogen) atoms. The highest BCUT2D eigenvalue weighted by atomic mass is 16.5. The molecule has 1 saturated heterocycles. The Morgan fingerprint density at radius 2 is 2.00 bits per heavy atom. The highest BCUT2D eigenvalue weighted by molar-refractivity contribution is 5.28. The minimum atomic E-state index is 0.292. The summed E-state index contributed by atoms with van der Waals surface area (Å²) >= 11 is 0. The van der Waals surface area contributed by atoms with E-state index in [-0.39, 0.29) is 0 Å². The molecule has 2 nitrogen and oxygen atoms in total. The first-order valence-electron chi connectivity index (χ1n) is 5.63. The van der Waals surface area contributed by atoms with Crippen LogP contribution >= 0.6 is 0 Å². The van der Waals surface area contributed by atoms with Crippen molar-refractivity contribution in [1.82, 2.24) is 0 Å². The average Bonchev–Trinajstić information content (AvgIpc) is 2.78. The van der Waals surface area contributed by atoms with E-state index in [1.165, 1.54) is 12.0 Å². The Bertz CT molecular complexity index is 305. The van der Waals surface area contributed by atoms with Crippen LogP contribution in [0, 0.1) is 0 Å². The quantitative estimate of drug-likeness (QED) is 0.755. The van der Waals surface area contributed by atoms with E-state index in [1.54, 1.807) is 7.11 Å². The van der Waals surface area contributed by atoms with E-state index in [0.717, 1.165) is 18.6 Å². The highest BCUT2D eigenvalue weighted by Gasteiger charge is 2.24. The molecule has 2 rings (SSSR count). The maximum Gasteiger partial charge on any atom is 0.118 e. The lowest BCUT2D eigenvalue weighted by atomic mass is 10.1. The van der Waals surface area contributed by atoms with Gasteiger partial charge >= 0.3 is 0 Å². The van der Waals surface area contributed by atoms with Crippen molar-refractivity contribution >= 4 is 0 Å². The predicted molar refractivity (Wildman–Crippen MR) is 60.1 cm³/mol. The second kappa shape index (κ2) is 4.67. The lowest BCUT2D eigenvalue weighted by molar-refractivity contribution is 0.0428. The molecule has 2 atom stereocenters. The Hall–Kier alpha value is -1.02. The predicted octanol–water partition coefficient (Wildman–Crippen LogP) is 3.33. The molecule has 0 saturated carbocycles. The van der Waals surface area contributed by atoms with E-state index in [9.17, 15) is 0 Å². The molecule has 0 bridgehead atoms. The summed E-state index contributed by atoms with van der Waals surface area (Å²) in [6.45, 7) is 2.18. The Balaban J connectivity index is 2.04. The summed E-state index contributed by atoms with van der Waals surface area (Å²) in [5, 5.41) is 0. The van der Waals surface area contributed by atoms with Crippen molar-refractivity contribution in [3.05, 3.63) is 29.8 Å². The second-order valence-corrected chi connectivity index (χ2v) is 4.01. The first-order chi connectivity index (χ1) is 7.33. The van der Waals surface area contributed by atoms with Crippen molar-refractivity contribution in [2.75, 3.05) is 7.11 Å². The number of methoxy groups -OCH3 is 1. The molecule has 0 amide bonds. The average molecular weight is 206 g/mol. The van der Waals surface area contributed by atoms with E-state index >= 15 is 0 Å². The Labute approximate surface area is 91.2 Å². The first-order valence-corrected chi connectivity index (χ1v) is 5.63. The first kappa shape index (κ1) is 10.5. The van der Waals surface area contributed by atoms with E-state index in [2.05, 4.69) is 19.1 Å². The largest absolute Gasteiger partial charge is 0.497 e. The normalized spacial score (nSPS) is 25.5. The Kier molecular flexibility index (Phi) is 3.27. The van der Waals surface area contributed by atoms with Gasteiger partial charge in [-0.2, -0.15) is 0 Å². The van der Waals surface area contributed by atoms with Crippen LogP contribution in [0.15, 0.2) is 24.3 Å². The summed E-state index contributed by atoms with van der Waals surface area (Å²) in [5.41, 5.74) is 1.27. The van der Waals surface area contributed by atoms with Crippen LogP contribution in [0.4, 0.5) is 0 Å². The van der Waals surface area contributed by atoms with Crippen molar-refractivity contribution in [3.63, 3.8) is 0 Å². The lowest BCUT2D eigenvalue weighted by Gasteiger charge is -2.13. The molecule has 1 aromatic rings. The molecule has 1 aliphatic heterocycles. The maximum absolute atomic E-state index is 5.93. The van der Waals surface area contributed by atoms with E-state index < -0.39 is 0 Å². The fourth-order valence-electron chi connectivity index (χ4n) is 2.07. The fraction of sp³-hybridized carbons (Fsp3) is 0.538. The SMILES string of the molecule is CC[C@@H]1CC[C@@H](c2ccc(OC)cc2)O1. The van der Waals surface area contributed by atoms with Crippen LogP contribution in [0.5, 0.6) is 5.75 Å². The van der Waals surface area contributed by atoms with Crippen LogP contribution < -0.4 is 4.74 Å². The molecular weight excluding hydrogens is 188 g/mol. The molecule has 1 fully saturated rings. The number of benzene rings is 1. The van der Waals surface area contributed by atoms with Gasteiger partial charge in [-0.3, -0.25) is 0 Å². The minimum Gasteiger partial charge on any atom is -0.497 e. The molecule has 1 aliphatic rings. The van der Waals surface area contributed by atoms with Gasteiger partial charge in [-0.05, 0) is 37.0 Å². The third-order valence-electron chi connectivity index (χ3n) is 3.05. The van der Waals surface area contributed by atoms with E-state index in [4.69, 9.17) is 9.47 Å². The molecule has 1 heterocycles. The van der Waals surface area contributed by atoms with Crippen molar-refractivity contribution in [2.24, 2.45) is 0 Å². The van der Waals surface area contributed by atoms with Crippen molar-refractivity contribution in [3.8, 4) is 5.75 Å². The molecule has 0 spiro atoms. The summed E-state index contributed by atoms with van der Waals surface area (Å²) in [6, 6.07) is 8.19. The zero-order chi connectivity index (χ0) is 10.7. The topological polar surface area (TPSA) is 18.5 Å². The maximum atomic E-state index is 5.93. The molecular formula is C13H18O2. The smallest absolute Gasteiger partial charge is 0.118 e. The summed E-state index contributed by atoms with van der Waals surface area (Å²) in [4.78, 5) is 0. The standard InChI is InChI=1S/C13H18O2/c1-3-11-8-9-13(15-11)10-4-6-12(14-2)7-5-10/h4-7,11,13H,3,8-9H2,1-2H3/t11-,13+/m1/s1. The molecule has 2 heteroatoms. The van der Waals surface area contributed by atoms with Crippen LogP contribution in [0.25, 0.3) is 0 Å². The van der Waals surface area contributed by atoms with Gasteiger partial charge in [0, 0.05) is 0 Å². The van der Waals surface area contributed by atoms with Gasteiger partial charge in [0.15, 0.2) is 0 Å². The zero-order valence-electron chi connectivity index (χ0n) is 9.40. The highest BCUT2D eigenvalue weighted by Crippen LogP contribution is 2.34. The Morgan fingerprint density at radius 1 is 1.27 bits per heavy atom. The monoisotopic (exact) mass is 206 g/mol. The van der Waals surface area contributed by atoms with Gasteiger partial charge in [-0.1, -0.05) is 19.1 Å². The minimum absolute atomic E-state index is 0.292. The van der Waals surface area contributed by atoms with Gasteiger partial charge in [0.05, 0.1) is 19.3 Å². The number of hydrogen-bond donors (Lipinski definition) is 0. The summed E-state index contributed by atoms with van der Waals surface area (Å²) < 4.78 is 11.1. The molecule has 0 unspecified atom stereocenters. The third-order valence-corrected chi connectivity index (χ3v) is 3.05. The van der Waals surface area contributed by atoms with Crippen LogP contribution in [0.3, 0.4) is 0 Å². The van der Waals surface area contributed by atoms with Crippen LogP contribution in [0.1, 0.15) is 37.9 Å². The van der Waals surface area contributed by atoms with Crippen LogP contribution in [-0.2, 0) is 4.74 Å². The van der Waals surface area contributed by atoms with Crippen molar-refractivity contribution in [1.29, 1.82) is 0 Å². The lowest BCUT2D eigenvalue weighted by Crippen LogP contribution is -2.04. The summed E-state index contributed by atoms with van der Waals surface area (Å²) in [6.07, 6.45) is 4.20. The van der Waals surface area contributed by atoms with Crippen molar-refractivity contribution in [2.45, 2.75) is 38.4 Å². The Morgan fingerprint density at radius 3 is 2.53 bits per heavy atom. The summed E-state index contributed by atoms with van der Waals surface area (Å²) in [5.74, 6) is 0.906.